The average molecular weight is 3250 g/mol. The Bertz CT molecular complexity index is 7860. The van der Waals surface area contributed by atoms with Gasteiger partial charge in [-0.25, -0.2) is 0 Å². The van der Waals surface area contributed by atoms with Gasteiger partial charge in [0.2, 0.25) is 11.8 Å². The molecule has 0 aliphatic carbocycles. The van der Waals surface area contributed by atoms with Crippen molar-refractivity contribution in [3.63, 3.8) is 0 Å². The Morgan fingerprint density at radius 2 is 0.583 bits per heavy atom. The third-order valence-corrected chi connectivity index (χ3v) is 190. The molecule has 0 N–H and O–H groups in total. The number of carbonyl (C=O) groups is 2. The first-order valence-electron chi connectivity index (χ1n) is 26.9. The Morgan fingerprint density at radius 3 is 0.783 bits per heavy atom. The number of hydrogen-bond acceptors (Lipinski definition) is 6. The Morgan fingerprint density at radius 1 is 0.350 bits per heavy atom. The van der Waals surface area contributed by atoms with Crippen LogP contribution in [-0.2, 0) is 760 Å². The highest BCUT2D eigenvalue weighted by Gasteiger charge is 2.41. The molecule has 2 aromatic rings. The summed E-state index contributed by atoms with van der Waals surface area (Å²) >= 11 is 13.2. The van der Waals surface area contributed by atoms with E-state index in [9.17, 15) is 9.59 Å². The maximum atomic E-state index is 13.6. The summed E-state index contributed by atoms with van der Waals surface area (Å²) in [6.45, 7) is 12.2. The summed E-state index contributed by atoms with van der Waals surface area (Å²) in [6.07, 6.45) is 4.27. The van der Waals surface area contributed by atoms with Crippen molar-refractivity contribution in [2.45, 2.75) is 59.0 Å². The van der Waals surface area contributed by atoms with Crippen molar-refractivity contribution in [2.75, 3.05) is 32.7 Å². The molecule has 2 amide bonds. The van der Waals surface area contributed by atoms with Crippen molar-refractivity contribution in [2.24, 2.45) is 11.3 Å². The summed E-state index contributed by atoms with van der Waals surface area (Å²) in [4.78, 5) is 36.6. The van der Waals surface area contributed by atoms with Gasteiger partial charge in [0.1, 0.15) is 0 Å². The Balaban J connectivity index is 0.000000845. The second-order valence-electron chi connectivity index (χ2n) is 16.9. The minimum absolute atomic E-state index is 0.0392. The quantitative estimate of drug-likeness (QED) is 0.424. The van der Waals surface area contributed by atoms with Gasteiger partial charge < -0.3 is 9.80 Å². The average Bonchev–Trinajstić information content (AvgIpc) is 0.779. The van der Waals surface area contributed by atoms with Crippen molar-refractivity contribution in [1.29, 1.82) is 0 Å². The van der Waals surface area contributed by atoms with Crippen LogP contribution in [0.25, 0.3) is 0 Å². The van der Waals surface area contributed by atoms with Crippen LogP contribution in [0.15, 0.2) is 53.1 Å². The molecule has 120 heavy (non-hydrogen) atoms. The molecule has 1 aromatic carbocycles. The van der Waals surface area contributed by atoms with Crippen molar-refractivity contribution in [1.82, 2.24) is 19.7 Å². The summed E-state index contributed by atoms with van der Waals surface area (Å²) in [6, 6.07) is 14.9. The minimum Gasteiger partial charge on any atom is -0.343 e. The normalized spacial score (nSPS) is 11.8. The van der Waals surface area contributed by atoms with Gasteiger partial charge in [-0.1, -0.05) is 51.1 Å². The molecule has 2 saturated heterocycles. The molecule has 4 rings (SSSR count). The number of aromatic nitrogens is 1. The van der Waals surface area contributed by atoms with E-state index in [0.29, 0.717) is 18.9 Å². The van der Waals surface area contributed by atoms with Gasteiger partial charge >= 0.3 is 0 Å². The fourth-order valence-corrected chi connectivity index (χ4v) is 226. The second-order valence-corrected chi connectivity index (χ2v) is 163. The van der Waals surface area contributed by atoms with E-state index >= 15 is 0 Å². The lowest BCUT2D eigenvalue weighted by Crippen LogP contribution is -2.60. The van der Waals surface area contributed by atoms with Gasteiger partial charge in [-0.05, 0) is 57.8 Å². The van der Waals surface area contributed by atoms with Crippen molar-refractivity contribution in [3.8, 4) is 0 Å². The van der Waals surface area contributed by atoms with E-state index < -0.39 is 0 Å². The van der Waals surface area contributed by atoms with Crippen LogP contribution in [0.2, 0.25) is 0 Å². The van der Waals surface area contributed by atoms with Crippen LogP contribution in [-0.4, -0.2) is 70.3 Å². The zero-order valence-electron chi connectivity index (χ0n) is 56.3. The first kappa shape index (κ1) is 130. The van der Waals surface area contributed by atoms with Gasteiger partial charge in [0.05, 0.1) is 11.7 Å². The van der Waals surface area contributed by atoms with Gasteiger partial charge in [0, 0.05) is 813 Å². The van der Waals surface area contributed by atoms with Crippen LogP contribution in [0.3, 0.4) is 0 Å². The highest BCUT2D eigenvalue weighted by atomic mass is 79.9. The summed E-state index contributed by atoms with van der Waals surface area (Å²) in [5, 5.41) is 0. The van der Waals surface area contributed by atoms with Crippen molar-refractivity contribution in [3.05, 3.63) is 64.4 Å². The molecule has 1 aromatic heterocycles. The van der Waals surface area contributed by atoms with Crippen LogP contribution in [0.4, 0.5) is 0 Å². The molecule has 0 bridgehead atoms. The molecule has 2 aliphatic rings. The number of piperazine rings is 1. The van der Waals surface area contributed by atoms with Crippen LogP contribution in [0.5, 0.6) is 0 Å². The van der Waals surface area contributed by atoms with E-state index in [0.717, 1.165) is 49.2 Å². The van der Waals surface area contributed by atoms with E-state index in [1.165, 1.54) is 23.3 Å². The SMILES string of the molecule is CC(=O)N1CCC(CC(=O)N2CCN(C(c3ccccc3)c3ccc(Br)cn3)C[C@@H]2C(C)(C)C)CC1.S=S=S=S=S=S=S=S=S=S=S=S=S=S=S=S=S=S=S=S=S=S=S=S=S=S=S=S=S=S=S=S=S=S=S=S=S=S=S=S=S=S=S=S=S=S=S=S=S=S=S=S=S=S=S=S=S=S=S=S=S=S=S=S=S=S=S=S=S=S=S=S=S=S=S=S=S=S=S=S=S=S=S=S. The van der Waals surface area contributed by atoms with Gasteiger partial charge in [-0.2, -0.15) is 0 Å². The summed E-state index contributed by atoms with van der Waals surface area (Å²) < 4.78 is 0.968. The predicted octanol–water partition coefficient (Wildman–Crippen LogP) is 4.94. The topological polar surface area (TPSA) is 56.8 Å². The van der Waals surface area contributed by atoms with Crippen LogP contribution >= 0.6 is 15.9 Å². The minimum atomic E-state index is -0.0549. The molecule has 0 saturated carbocycles. The predicted molar refractivity (Wildman–Crippen MR) is 765 cm³/mol. The van der Waals surface area contributed by atoms with Gasteiger partial charge in [0.15, 0.2) is 0 Å². The van der Waals surface area contributed by atoms with E-state index in [1.54, 1.807) is 113 Å². The fourth-order valence-electron chi connectivity index (χ4n) is 6.55. The van der Waals surface area contributed by atoms with Crippen molar-refractivity contribution >= 4 is 778 Å². The molecule has 91 heteroatoms. The number of likely N-dealkylation sites (tertiary alicyclic amines) is 1. The maximum Gasteiger partial charge on any atom is 0.223 e. The van der Waals surface area contributed by atoms with Crippen LogP contribution in [0.1, 0.15) is 64.3 Å². The number of amides is 2. The number of benzene rings is 1. The van der Waals surface area contributed by atoms with E-state index in [1.807, 2.05) is 621 Å². The third-order valence-electron chi connectivity index (χ3n) is 10.0. The molecule has 1 unspecified atom stereocenters. The number of rotatable bonds is 5. The first-order valence-corrected chi connectivity index (χ1v) is 138. The zero-order chi connectivity index (χ0) is 85.9. The monoisotopic (exact) mass is 3240 g/mol. The summed E-state index contributed by atoms with van der Waals surface area (Å²) in [5.41, 5.74) is 2.19. The zero-order valence-corrected chi connectivity index (χ0v) is 126. The molecule has 6 nitrogen and oxygen atoms in total. The Labute approximate surface area is 949 Å². The molecule has 698 valence electrons. The molecular weight excluding hydrogens is 3210 g/mol. The van der Waals surface area contributed by atoms with E-state index in [2.05, 4.69) is 82.9 Å². The first-order chi connectivity index (χ1) is 59.0. The second kappa shape index (κ2) is 102. The Hall–Kier alpha value is 16.2. The highest BCUT2D eigenvalue weighted by molar-refractivity contribution is 9.10. The van der Waals surface area contributed by atoms with Gasteiger partial charge in [-0.15, -0.1) is 0 Å². The maximum absolute atomic E-state index is 13.6. The lowest BCUT2D eigenvalue weighted by atomic mass is 9.82. The fraction of sp³-hybridized carbons (Fsp3) is 0.552. The standard InChI is InChI=1S/C29H39BrN4O2.S84/c1-21(35)32-14-12-22(13-15-32)18-27(36)34-17-16-33(20-26(34)29(2,3)4)28(23-8-6-5-7-9-23)25-11-10-24(30)19-31-25;1-3-5-7-9-11-13-15-17-19-21-23-25-27-29-31-33-35-37-39-41-43-45-47-49-51-53-55-57-59-61-63-65-67-69-71-73-75-77-79-81-83-84-82-80-78-76-74-72-70-68-66-64-62-60-58-56-54-52-50-48-46-44-42-40-38-36-34-32-30-28-26-24-22-20-18-16-14-12-10-8-6-4-2/h5-11,19,22,26,28H,12-18,20H2,1-4H3;/t26-,28?;/m1./s1. The van der Waals surface area contributed by atoms with Gasteiger partial charge in [-0.3, -0.25) is 19.5 Å². The van der Waals surface area contributed by atoms with E-state index in [-0.39, 0.29) is 29.3 Å². The lowest BCUT2D eigenvalue weighted by Gasteiger charge is -2.49. The third kappa shape index (κ3) is 84.2. The largest absolute Gasteiger partial charge is 0.343 e. The summed E-state index contributed by atoms with van der Waals surface area (Å²) in [7, 11) is 148. The van der Waals surface area contributed by atoms with Crippen LogP contribution in [0, 0.1) is 11.3 Å². The highest BCUT2D eigenvalue weighted by Crippen LogP contribution is 2.35. The number of nitrogens with zero attached hydrogens (tertiary/aromatic N) is 4. The molecule has 0 radical (unpaired) electrons. The van der Waals surface area contributed by atoms with E-state index in [4.69, 9.17) is 27.4 Å². The number of hydrogen-bond donors (Lipinski definition) is 0. The number of piperidine rings is 1. The summed E-state index contributed by atoms with van der Waals surface area (Å²) in [5.74, 6) is 0.751. The van der Waals surface area contributed by atoms with Crippen LogP contribution < -0.4 is 0 Å². The number of carbonyl (C=O) groups excluding carboxylic acids is 2. The lowest BCUT2D eigenvalue weighted by molar-refractivity contribution is -0.141. The molecule has 2 atom stereocenters. The number of halogens is 1. The molecular formula is C29H39BrN4O2S84. The van der Waals surface area contributed by atoms with Gasteiger partial charge in [0.25, 0.3) is 0 Å². The molecule has 2 fully saturated rings. The molecule has 0 spiro atoms. The van der Waals surface area contributed by atoms with Crippen molar-refractivity contribution < 1.29 is 9.59 Å². The Kier molecular flexibility index (Phi) is 111. The smallest absolute Gasteiger partial charge is 0.223 e. The number of pyridine rings is 1. The molecule has 3 heterocycles. The molecule has 2 aliphatic heterocycles.